The lowest BCUT2D eigenvalue weighted by molar-refractivity contribution is -0.140. The SMILES string of the molecule is Cc1nc(CN(C)C(=O)[C@@H]2CCCO2)n[nH]1. The number of nitrogens with zero attached hydrogens (tertiary/aromatic N) is 3. The van der Waals surface area contributed by atoms with Crippen molar-refractivity contribution in [2.75, 3.05) is 13.7 Å². The molecule has 1 atom stereocenters. The largest absolute Gasteiger partial charge is 0.368 e. The first kappa shape index (κ1) is 11.1. The van der Waals surface area contributed by atoms with Crippen molar-refractivity contribution in [1.29, 1.82) is 0 Å². The highest BCUT2D eigenvalue weighted by Crippen LogP contribution is 2.14. The Bertz CT molecular complexity index is 371. The molecule has 0 radical (unpaired) electrons. The lowest BCUT2D eigenvalue weighted by atomic mass is 10.2. The zero-order chi connectivity index (χ0) is 11.5. The Labute approximate surface area is 94.0 Å². The third-order valence-corrected chi connectivity index (χ3v) is 2.60. The highest BCUT2D eigenvalue weighted by molar-refractivity contribution is 5.80. The van der Waals surface area contributed by atoms with Gasteiger partial charge in [0.25, 0.3) is 5.91 Å². The van der Waals surface area contributed by atoms with Crippen LogP contribution in [0.3, 0.4) is 0 Å². The van der Waals surface area contributed by atoms with Crippen LogP contribution in [0.25, 0.3) is 0 Å². The van der Waals surface area contributed by atoms with E-state index >= 15 is 0 Å². The van der Waals surface area contributed by atoms with Gasteiger partial charge >= 0.3 is 0 Å². The Kier molecular flexibility index (Phi) is 3.19. The molecule has 0 spiro atoms. The van der Waals surface area contributed by atoms with Crippen LogP contribution in [-0.2, 0) is 16.1 Å². The number of aromatic amines is 1. The van der Waals surface area contributed by atoms with E-state index in [1.54, 1.807) is 11.9 Å². The van der Waals surface area contributed by atoms with E-state index in [9.17, 15) is 4.79 Å². The molecule has 1 saturated heterocycles. The molecule has 2 rings (SSSR count). The van der Waals surface area contributed by atoms with E-state index in [4.69, 9.17) is 4.74 Å². The van der Waals surface area contributed by atoms with Gasteiger partial charge in [0, 0.05) is 13.7 Å². The number of aromatic nitrogens is 3. The smallest absolute Gasteiger partial charge is 0.251 e. The first-order chi connectivity index (χ1) is 7.66. The quantitative estimate of drug-likeness (QED) is 0.799. The van der Waals surface area contributed by atoms with Crippen molar-refractivity contribution in [3.05, 3.63) is 11.6 Å². The topological polar surface area (TPSA) is 71.1 Å². The summed E-state index contributed by atoms with van der Waals surface area (Å²) in [4.78, 5) is 17.7. The van der Waals surface area contributed by atoms with Crippen molar-refractivity contribution in [2.45, 2.75) is 32.4 Å². The molecule has 0 unspecified atom stereocenters. The Hall–Kier alpha value is -1.43. The number of carbonyl (C=O) groups is 1. The van der Waals surface area contributed by atoms with Gasteiger partial charge in [-0.1, -0.05) is 0 Å². The van der Waals surface area contributed by atoms with Gasteiger partial charge in [-0.05, 0) is 19.8 Å². The molecule has 1 aromatic rings. The molecule has 1 N–H and O–H groups in total. The first-order valence-electron chi connectivity index (χ1n) is 5.41. The number of likely N-dealkylation sites (N-methyl/N-ethyl adjacent to an activating group) is 1. The molecule has 1 aromatic heterocycles. The van der Waals surface area contributed by atoms with Crippen LogP contribution in [-0.4, -0.2) is 45.7 Å². The Morgan fingerprint density at radius 2 is 2.50 bits per heavy atom. The fraction of sp³-hybridized carbons (Fsp3) is 0.700. The second-order valence-corrected chi connectivity index (χ2v) is 4.03. The predicted molar refractivity (Wildman–Crippen MR) is 56.6 cm³/mol. The van der Waals surface area contributed by atoms with Crippen LogP contribution in [0.1, 0.15) is 24.5 Å². The normalized spacial score (nSPS) is 20.0. The van der Waals surface area contributed by atoms with Gasteiger partial charge < -0.3 is 9.64 Å². The van der Waals surface area contributed by atoms with Gasteiger partial charge in [-0.2, -0.15) is 5.10 Å². The number of ether oxygens (including phenoxy) is 1. The van der Waals surface area contributed by atoms with Crippen molar-refractivity contribution < 1.29 is 9.53 Å². The number of H-pyrrole nitrogens is 1. The van der Waals surface area contributed by atoms with Crippen molar-refractivity contribution in [2.24, 2.45) is 0 Å². The Morgan fingerprint density at radius 1 is 1.69 bits per heavy atom. The second-order valence-electron chi connectivity index (χ2n) is 4.03. The lowest BCUT2D eigenvalue weighted by Crippen LogP contribution is -2.35. The van der Waals surface area contributed by atoms with Gasteiger partial charge in [0.2, 0.25) is 0 Å². The highest BCUT2D eigenvalue weighted by Gasteiger charge is 2.26. The standard InChI is InChI=1S/C10H16N4O2/c1-7-11-9(13-12-7)6-14(2)10(15)8-4-3-5-16-8/h8H,3-6H2,1-2H3,(H,11,12,13)/t8-/m0/s1. The predicted octanol–water partition coefficient (Wildman–Crippen LogP) is 0.251. The van der Waals surface area contributed by atoms with Crippen molar-refractivity contribution in [1.82, 2.24) is 20.1 Å². The first-order valence-corrected chi connectivity index (χ1v) is 5.41. The third-order valence-electron chi connectivity index (χ3n) is 2.60. The van der Waals surface area contributed by atoms with E-state index in [0.717, 1.165) is 18.7 Å². The van der Waals surface area contributed by atoms with E-state index in [2.05, 4.69) is 15.2 Å². The van der Waals surface area contributed by atoms with Crippen LogP contribution in [0.4, 0.5) is 0 Å². The fourth-order valence-electron chi connectivity index (χ4n) is 1.77. The highest BCUT2D eigenvalue weighted by atomic mass is 16.5. The van der Waals surface area contributed by atoms with E-state index in [-0.39, 0.29) is 12.0 Å². The summed E-state index contributed by atoms with van der Waals surface area (Å²) in [6.07, 6.45) is 1.50. The number of rotatable bonds is 3. The van der Waals surface area contributed by atoms with Crippen LogP contribution >= 0.6 is 0 Å². The molecule has 6 heteroatoms. The Morgan fingerprint density at radius 3 is 3.06 bits per heavy atom. The second kappa shape index (κ2) is 4.61. The maximum atomic E-state index is 11.9. The van der Waals surface area contributed by atoms with E-state index in [0.29, 0.717) is 19.0 Å². The molecule has 0 aromatic carbocycles. The summed E-state index contributed by atoms with van der Waals surface area (Å²) in [6, 6.07) is 0. The summed E-state index contributed by atoms with van der Waals surface area (Å²) >= 11 is 0. The van der Waals surface area contributed by atoms with Crippen molar-refractivity contribution in [3.63, 3.8) is 0 Å². The van der Waals surface area contributed by atoms with Crippen molar-refractivity contribution >= 4 is 5.91 Å². The zero-order valence-corrected chi connectivity index (χ0v) is 9.56. The average Bonchev–Trinajstić information content (AvgIpc) is 2.88. The summed E-state index contributed by atoms with van der Waals surface area (Å²) in [5.41, 5.74) is 0. The van der Waals surface area contributed by atoms with E-state index in [1.807, 2.05) is 6.92 Å². The minimum absolute atomic E-state index is 0.0138. The molecule has 1 aliphatic rings. The molecule has 0 saturated carbocycles. The molecule has 88 valence electrons. The molecule has 0 aliphatic carbocycles. The molecular formula is C10H16N4O2. The molecule has 6 nitrogen and oxygen atoms in total. The fourth-order valence-corrected chi connectivity index (χ4v) is 1.77. The zero-order valence-electron chi connectivity index (χ0n) is 9.56. The molecule has 16 heavy (non-hydrogen) atoms. The van der Waals surface area contributed by atoms with Gasteiger partial charge in [-0.25, -0.2) is 4.98 Å². The van der Waals surface area contributed by atoms with Gasteiger partial charge in [0.1, 0.15) is 11.9 Å². The monoisotopic (exact) mass is 224 g/mol. The number of hydrogen-bond donors (Lipinski definition) is 1. The molecule has 0 bridgehead atoms. The summed E-state index contributed by atoms with van der Waals surface area (Å²) in [6.45, 7) is 2.94. The molecule has 1 amide bonds. The average molecular weight is 224 g/mol. The molecule has 2 heterocycles. The number of carbonyl (C=O) groups excluding carboxylic acids is 1. The third kappa shape index (κ3) is 2.38. The van der Waals surface area contributed by atoms with Crippen LogP contribution in [0.5, 0.6) is 0 Å². The van der Waals surface area contributed by atoms with Gasteiger partial charge in [0.05, 0.1) is 6.54 Å². The van der Waals surface area contributed by atoms with Crippen LogP contribution < -0.4 is 0 Å². The summed E-state index contributed by atoms with van der Waals surface area (Å²) in [7, 11) is 1.75. The number of aryl methyl sites for hydroxylation is 1. The summed E-state index contributed by atoms with van der Waals surface area (Å²) in [5, 5.41) is 6.75. The number of hydrogen-bond acceptors (Lipinski definition) is 4. The van der Waals surface area contributed by atoms with Gasteiger partial charge in [0.15, 0.2) is 5.82 Å². The molecule has 1 aliphatic heterocycles. The lowest BCUT2D eigenvalue weighted by Gasteiger charge is -2.18. The minimum Gasteiger partial charge on any atom is -0.368 e. The maximum absolute atomic E-state index is 11.9. The minimum atomic E-state index is -0.273. The van der Waals surface area contributed by atoms with Crippen molar-refractivity contribution in [3.8, 4) is 0 Å². The van der Waals surface area contributed by atoms with Crippen LogP contribution in [0.15, 0.2) is 0 Å². The summed E-state index contributed by atoms with van der Waals surface area (Å²) in [5.74, 6) is 1.40. The van der Waals surface area contributed by atoms with Crippen LogP contribution in [0.2, 0.25) is 0 Å². The van der Waals surface area contributed by atoms with E-state index < -0.39 is 0 Å². The summed E-state index contributed by atoms with van der Waals surface area (Å²) < 4.78 is 5.34. The molecular weight excluding hydrogens is 208 g/mol. The molecule has 1 fully saturated rings. The van der Waals surface area contributed by atoms with Gasteiger partial charge in [-0.3, -0.25) is 9.89 Å². The maximum Gasteiger partial charge on any atom is 0.251 e. The number of amides is 1. The van der Waals surface area contributed by atoms with Crippen LogP contribution in [0, 0.1) is 6.92 Å². The number of nitrogens with one attached hydrogen (secondary N) is 1. The van der Waals surface area contributed by atoms with E-state index in [1.165, 1.54) is 0 Å². The van der Waals surface area contributed by atoms with Gasteiger partial charge in [-0.15, -0.1) is 0 Å². The Balaban J connectivity index is 1.91.